The zero-order chi connectivity index (χ0) is 11.7. The highest BCUT2D eigenvalue weighted by atomic mass is 19.1. The lowest BCUT2D eigenvalue weighted by Crippen LogP contribution is -2.14. The van der Waals surface area contributed by atoms with Crippen LogP contribution in [0.15, 0.2) is 30.5 Å². The number of imidazole rings is 1. The molecular formula is C13H14FN3. The summed E-state index contributed by atoms with van der Waals surface area (Å²) in [6, 6.07) is 6.74. The zero-order valence-corrected chi connectivity index (χ0v) is 9.41. The van der Waals surface area contributed by atoms with Crippen LogP contribution in [0.5, 0.6) is 0 Å². The molecular weight excluding hydrogens is 217 g/mol. The van der Waals surface area contributed by atoms with E-state index >= 15 is 0 Å². The van der Waals surface area contributed by atoms with Crippen molar-refractivity contribution in [3.05, 3.63) is 42.1 Å². The van der Waals surface area contributed by atoms with E-state index in [1.807, 2.05) is 6.20 Å². The van der Waals surface area contributed by atoms with E-state index in [1.165, 1.54) is 18.6 Å². The fraction of sp³-hybridized carbons (Fsp3) is 0.308. The molecule has 0 unspecified atom stereocenters. The summed E-state index contributed by atoms with van der Waals surface area (Å²) in [7, 11) is 0. The molecule has 1 aromatic heterocycles. The molecule has 0 spiro atoms. The van der Waals surface area contributed by atoms with Crippen molar-refractivity contribution in [2.45, 2.75) is 18.9 Å². The molecule has 0 bridgehead atoms. The fourth-order valence-electron chi connectivity index (χ4n) is 2.20. The highest BCUT2D eigenvalue weighted by Crippen LogP contribution is 2.23. The van der Waals surface area contributed by atoms with Gasteiger partial charge in [-0.25, -0.2) is 9.37 Å². The molecule has 0 saturated carbocycles. The number of rotatable bonds is 2. The Morgan fingerprint density at radius 3 is 2.76 bits per heavy atom. The molecule has 1 aliphatic heterocycles. The number of hydrogen-bond acceptors (Lipinski definition) is 2. The number of hydrogen-bond donors (Lipinski definition) is 2. The molecule has 0 radical (unpaired) electrons. The van der Waals surface area contributed by atoms with Gasteiger partial charge in [0, 0.05) is 11.8 Å². The van der Waals surface area contributed by atoms with Gasteiger partial charge in [0.25, 0.3) is 0 Å². The van der Waals surface area contributed by atoms with Crippen LogP contribution < -0.4 is 5.32 Å². The minimum Gasteiger partial charge on any atom is -0.347 e. The SMILES string of the molecule is Fc1ccc(-c2c[nH]c([C@@H]3CCCN3)n2)cc1. The third kappa shape index (κ3) is 2.08. The molecule has 2 heterocycles. The van der Waals surface area contributed by atoms with Gasteiger partial charge in [-0.3, -0.25) is 0 Å². The number of halogens is 1. The summed E-state index contributed by atoms with van der Waals surface area (Å²) in [4.78, 5) is 7.75. The lowest BCUT2D eigenvalue weighted by Gasteiger charge is -2.04. The van der Waals surface area contributed by atoms with Gasteiger partial charge in [0.2, 0.25) is 0 Å². The monoisotopic (exact) mass is 231 g/mol. The summed E-state index contributed by atoms with van der Waals surface area (Å²) >= 11 is 0. The molecule has 1 aromatic carbocycles. The summed E-state index contributed by atoms with van der Waals surface area (Å²) in [5.74, 6) is 0.754. The number of nitrogens with one attached hydrogen (secondary N) is 2. The topological polar surface area (TPSA) is 40.7 Å². The molecule has 1 saturated heterocycles. The minimum absolute atomic E-state index is 0.220. The minimum atomic E-state index is -0.220. The first kappa shape index (κ1) is 10.5. The molecule has 0 amide bonds. The molecule has 4 heteroatoms. The molecule has 3 rings (SSSR count). The summed E-state index contributed by atoms with van der Waals surface area (Å²) in [5, 5.41) is 3.39. The van der Waals surface area contributed by atoms with Crippen molar-refractivity contribution in [2.24, 2.45) is 0 Å². The van der Waals surface area contributed by atoms with Gasteiger partial charge in [-0.1, -0.05) is 0 Å². The van der Waals surface area contributed by atoms with Gasteiger partial charge >= 0.3 is 0 Å². The van der Waals surface area contributed by atoms with Crippen LogP contribution in [0.4, 0.5) is 4.39 Å². The van der Waals surface area contributed by atoms with Crippen molar-refractivity contribution in [1.82, 2.24) is 15.3 Å². The Labute approximate surface area is 99.1 Å². The Hall–Kier alpha value is -1.68. The van der Waals surface area contributed by atoms with Gasteiger partial charge in [-0.15, -0.1) is 0 Å². The van der Waals surface area contributed by atoms with Crippen LogP contribution in [0.2, 0.25) is 0 Å². The van der Waals surface area contributed by atoms with Crippen molar-refractivity contribution in [3.8, 4) is 11.3 Å². The van der Waals surface area contributed by atoms with Crippen LogP contribution in [0.3, 0.4) is 0 Å². The summed E-state index contributed by atoms with van der Waals surface area (Å²) in [6.07, 6.45) is 4.19. The number of aromatic nitrogens is 2. The number of benzene rings is 1. The lowest BCUT2D eigenvalue weighted by atomic mass is 10.2. The van der Waals surface area contributed by atoms with Gasteiger partial charge < -0.3 is 10.3 Å². The van der Waals surface area contributed by atoms with Crippen molar-refractivity contribution < 1.29 is 4.39 Å². The molecule has 1 atom stereocenters. The second kappa shape index (κ2) is 4.30. The Morgan fingerprint density at radius 2 is 2.06 bits per heavy atom. The average Bonchev–Trinajstić information content (AvgIpc) is 3.00. The van der Waals surface area contributed by atoms with Crippen LogP contribution in [0, 0.1) is 5.82 Å². The highest BCUT2D eigenvalue weighted by molar-refractivity contribution is 5.58. The smallest absolute Gasteiger partial charge is 0.124 e. The lowest BCUT2D eigenvalue weighted by molar-refractivity contribution is 0.613. The number of nitrogens with zero attached hydrogens (tertiary/aromatic N) is 1. The summed E-state index contributed by atoms with van der Waals surface area (Å²) in [5.41, 5.74) is 1.81. The molecule has 2 aromatic rings. The standard InChI is InChI=1S/C13H14FN3/c14-10-5-3-9(4-6-10)12-8-16-13(17-12)11-2-1-7-15-11/h3-6,8,11,15H,1-2,7H2,(H,16,17)/t11-/m0/s1. The van der Waals surface area contributed by atoms with Crippen LogP contribution in [-0.2, 0) is 0 Å². The first-order valence-electron chi connectivity index (χ1n) is 5.87. The van der Waals surface area contributed by atoms with Gasteiger partial charge in [-0.05, 0) is 43.7 Å². The van der Waals surface area contributed by atoms with E-state index in [0.29, 0.717) is 6.04 Å². The largest absolute Gasteiger partial charge is 0.347 e. The maximum Gasteiger partial charge on any atom is 0.124 e. The Kier molecular flexibility index (Phi) is 2.65. The molecule has 3 nitrogen and oxygen atoms in total. The molecule has 1 fully saturated rings. The van der Waals surface area contributed by atoms with Crippen LogP contribution >= 0.6 is 0 Å². The maximum atomic E-state index is 12.8. The summed E-state index contributed by atoms with van der Waals surface area (Å²) in [6.45, 7) is 1.05. The summed E-state index contributed by atoms with van der Waals surface area (Å²) < 4.78 is 12.8. The van der Waals surface area contributed by atoms with E-state index in [0.717, 1.165) is 30.0 Å². The van der Waals surface area contributed by atoms with E-state index in [9.17, 15) is 4.39 Å². The second-order valence-corrected chi connectivity index (χ2v) is 4.33. The van der Waals surface area contributed by atoms with Crippen molar-refractivity contribution in [2.75, 3.05) is 6.54 Å². The first-order chi connectivity index (χ1) is 8.33. The predicted octanol–water partition coefficient (Wildman–Crippen LogP) is 2.64. The Balaban J connectivity index is 1.86. The quantitative estimate of drug-likeness (QED) is 0.834. The van der Waals surface area contributed by atoms with Crippen molar-refractivity contribution >= 4 is 0 Å². The van der Waals surface area contributed by atoms with Gasteiger partial charge in [-0.2, -0.15) is 0 Å². The molecule has 88 valence electrons. The normalized spacial score (nSPS) is 19.7. The number of aromatic amines is 1. The predicted molar refractivity (Wildman–Crippen MR) is 64.0 cm³/mol. The Bertz CT molecular complexity index is 498. The van der Waals surface area contributed by atoms with Gasteiger partial charge in [0.15, 0.2) is 0 Å². The van der Waals surface area contributed by atoms with E-state index in [-0.39, 0.29) is 5.82 Å². The third-order valence-electron chi connectivity index (χ3n) is 3.13. The Morgan fingerprint density at radius 1 is 1.24 bits per heavy atom. The highest BCUT2D eigenvalue weighted by Gasteiger charge is 2.19. The van der Waals surface area contributed by atoms with E-state index < -0.39 is 0 Å². The third-order valence-corrected chi connectivity index (χ3v) is 3.13. The molecule has 0 aliphatic carbocycles. The van der Waals surface area contributed by atoms with Gasteiger partial charge in [0.05, 0.1) is 11.7 Å². The van der Waals surface area contributed by atoms with Crippen molar-refractivity contribution in [1.29, 1.82) is 0 Å². The molecule has 2 N–H and O–H groups in total. The van der Waals surface area contributed by atoms with Gasteiger partial charge in [0.1, 0.15) is 11.6 Å². The van der Waals surface area contributed by atoms with Crippen LogP contribution in [-0.4, -0.2) is 16.5 Å². The van der Waals surface area contributed by atoms with Crippen molar-refractivity contribution in [3.63, 3.8) is 0 Å². The van der Waals surface area contributed by atoms with E-state index in [2.05, 4.69) is 15.3 Å². The second-order valence-electron chi connectivity index (χ2n) is 4.33. The van der Waals surface area contributed by atoms with E-state index in [4.69, 9.17) is 0 Å². The zero-order valence-electron chi connectivity index (χ0n) is 9.41. The average molecular weight is 231 g/mol. The molecule has 1 aliphatic rings. The maximum absolute atomic E-state index is 12.8. The number of H-pyrrole nitrogens is 1. The fourth-order valence-corrected chi connectivity index (χ4v) is 2.20. The molecule has 17 heavy (non-hydrogen) atoms. The van der Waals surface area contributed by atoms with Crippen LogP contribution in [0.25, 0.3) is 11.3 Å². The van der Waals surface area contributed by atoms with Crippen LogP contribution in [0.1, 0.15) is 24.7 Å². The van der Waals surface area contributed by atoms with E-state index in [1.54, 1.807) is 12.1 Å². The first-order valence-corrected chi connectivity index (χ1v) is 5.87.